The second kappa shape index (κ2) is 8.05. The number of carbonyl (C=O) groups is 2. The summed E-state index contributed by atoms with van der Waals surface area (Å²) in [6.07, 6.45) is 3.19. The Labute approximate surface area is 152 Å². The van der Waals surface area contributed by atoms with Crippen molar-refractivity contribution in [3.8, 4) is 5.75 Å². The number of aliphatic carboxylic acids is 1. The summed E-state index contributed by atoms with van der Waals surface area (Å²) >= 11 is 0. The number of amides is 1. The Morgan fingerprint density at radius 2 is 2.04 bits per heavy atom. The molecule has 3 N–H and O–H groups in total. The van der Waals surface area contributed by atoms with E-state index in [0.29, 0.717) is 31.1 Å². The highest BCUT2D eigenvalue weighted by Gasteiger charge is 2.48. The monoisotopic (exact) mass is 363 g/mol. The fourth-order valence-corrected chi connectivity index (χ4v) is 4.01. The van der Waals surface area contributed by atoms with Crippen LogP contribution in [0.4, 0.5) is 0 Å². The van der Waals surface area contributed by atoms with Crippen molar-refractivity contribution >= 4 is 11.9 Å². The van der Waals surface area contributed by atoms with E-state index < -0.39 is 18.7 Å². The lowest BCUT2D eigenvalue weighted by Gasteiger charge is -2.37. The van der Waals surface area contributed by atoms with E-state index in [1.807, 2.05) is 0 Å². The third-order valence-corrected chi connectivity index (χ3v) is 5.56. The zero-order valence-electron chi connectivity index (χ0n) is 14.6. The first-order valence-electron chi connectivity index (χ1n) is 8.99. The standard InChI is InChI=1S/C19H25NO6/c21-16(22)12-26-15-3-1-2-13(10-15)18(24)20-11-14-4-5-19(17(14)23)6-8-25-9-7-19/h1-3,10,14,17,23H,4-9,11-12H2,(H,20,24)(H,21,22). The average molecular weight is 363 g/mol. The van der Waals surface area contributed by atoms with E-state index in [-0.39, 0.29) is 17.2 Å². The van der Waals surface area contributed by atoms with Crippen molar-refractivity contribution in [3.05, 3.63) is 29.8 Å². The molecule has 1 aliphatic heterocycles. The number of benzene rings is 1. The number of nitrogens with one attached hydrogen (secondary N) is 1. The van der Waals surface area contributed by atoms with E-state index >= 15 is 0 Å². The minimum atomic E-state index is -1.07. The molecule has 2 aliphatic rings. The zero-order valence-corrected chi connectivity index (χ0v) is 14.6. The quantitative estimate of drug-likeness (QED) is 0.706. The van der Waals surface area contributed by atoms with Gasteiger partial charge in [-0.25, -0.2) is 4.79 Å². The molecule has 3 rings (SSSR count). The van der Waals surface area contributed by atoms with Gasteiger partial charge in [0.1, 0.15) is 5.75 Å². The largest absolute Gasteiger partial charge is 0.482 e. The van der Waals surface area contributed by atoms with Gasteiger partial charge in [-0.3, -0.25) is 4.79 Å². The second-order valence-corrected chi connectivity index (χ2v) is 7.14. The molecule has 2 unspecified atom stereocenters. The number of aliphatic hydroxyl groups excluding tert-OH is 1. The first-order valence-corrected chi connectivity index (χ1v) is 8.99. The Bertz CT molecular complexity index is 655. The molecule has 142 valence electrons. The minimum absolute atomic E-state index is 0.0449. The Hall–Kier alpha value is -2.12. The molecule has 7 nitrogen and oxygen atoms in total. The van der Waals surface area contributed by atoms with E-state index in [1.165, 1.54) is 6.07 Å². The molecule has 1 aliphatic carbocycles. The number of aliphatic hydroxyl groups is 1. The van der Waals surface area contributed by atoms with Crippen LogP contribution in [0.1, 0.15) is 36.0 Å². The maximum absolute atomic E-state index is 12.4. The first kappa shape index (κ1) is 18.7. The lowest BCUT2D eigenvalue weighted by molar-refractivity contribution is -0.139. The molecule has 1 aromatic rings. The van der Waals surface area contributed by atoms with Gasteiger partial charge in [0, 0.05) is 36.7 Å². The number of rotatable bonds is 6. The molecule has 2 fully saturated rings. The highest BCUT2D eigenvalue weighted by atomic mass is 16.5. The van der Waals surface area contributed by atoms with Crippen molar-refractivity contribution in [2.45, 2.75) is 31.8 Å². The van der Waals surface area contributed by atoms with Gasteiger partial charge < -0.3 is 25.0 Å². The lowest BCUT2D eigenvalue weighted by Crippen LogP contribution is -2.41. The number of hydrogen-bond acceptors (Lipinski definition) is 5. The maximum Gasteiger partial charge on any atom is 0.341 e. The number of hydrogen-bond donors (Lipinski definition) is 3. The summed E-state index contributed by atoms with van der Waals surface area (Å²) < 4.78 is 10.5. The van der Waals surface area contributed by atoms with Crippen LogP contribution in [0.3, 0.4) is 0 Å². The highest BCUT2D eigenvalue weighted by Crippen LogP contribution is 2.48. The van der Waals surface area contributed by atoms with Crippen LogP contribution in [-0.2, 0) is 9.53 Å². The Kier molecular flexibility index (Phi) is 5.78. The van der Waals surface area contributed by atoms with Crippen LogP contribution in [0.25, 0.3) is 0 Å². The predicted molar refractivity (Wildman–Crippen MR) is 93.1 cm³/mol. The number of carbonyl (C=O) groups excluding carboxylic acids is 1. The molecule has 1 heterocycles. The molecule has 26 heavy (non-hydrogen) atoms. The molecule has 2 atom stereocenters. The Balaban J connectivity index is 1.54. The van der Waals surface area contributed by atoms with E-state index in [4.69, 9.17) is 14.6 Å². The van der Waals surface area contributed by atoms with E-state index in [9.17, 15) is 14.7 Å². The molecule has 1 spiro atoms. The third kappa shape index (κ3) is 4.16. The Morgan fingerprint density at radius 3 is 2.77 bits per heavy atom. The predicted octanol–water partition coefficient (Wildman–Crippen LogP) is 1.45. The molecule has 7 heteroatoms. The van der Waals surface area contributed by atoms with Crippen molar-refractivity contribution in [3.63, 3.8) is 0 Å². The van der Waals surface area contributed by atoms with Crippen LogP contribution >= 0.6 is 0 Å². The van der Waals surface area contributed by atoms with Gasteiger partial charge in [-0.05, 0) is 43.9 Å². The molecule has 1 saturated heterocycles. The zero-order chi connectivity index (χ0) is 18.6. The van der Waals surface area contributed by atoms with E-state index in [2.05, 4.69) is 5.32 Å². The van der Waals surface area contributed by atoms with E-state index in [1.54, 1.807) is 18.2 Å². The van der Waals surface area contributed by atoms with Crippen LogP contribution in [0.15, 0.2) is 24.3 Å². The van der Waals surface area contributed by atoms with Gasteiger partial charge in [-0.15, -0.1) is 0 Å². The smallest absolute Gasteiger partial charge is 0.341 e. The maximum atomic E-state index is 12.4. The second-order valence-electron chi connectivity index (χ2n) is 7.14. The van der Waals surface area contributed by atoms with Gasteiger partial charge in [0.2, 0.25) is 0 Å². The van der Waals surface area contributed by atoms with E-state index in [0.717, 1.165) is 25.7 Å². The highest BCUT2D eigenvalue weighted by molar-refractivity contribution is 5.94. The van der Waals surface area contributed by atoms with Gasteiger partial charge in [-0.2, -0.15) is 0 Å². The third-order valence-electron chi connectivity index (χ3n) is 5.56. The van der Waals surface area contributed by atoms with Crippen molar-refractivity contribution < 1.29 is 29.3 Å². The van der Waals surface area contributed by atoms with Gasteiger partial charge >= 0.3 is 5.97 Å². The average Bonchev–Trinajstić information content (AvgIpc) is 2.94. The summed E-state index contributed by atoms with van der Waals surface area (Å²) in [5.74, 6) is -0.950. The summed E-state index contributed by atoms with van der Waals surface area (Å²) in [4.78, 5) is 22.9. The normalized spacial score (nSPS) is 24.3. The fraction of sp³-hybridized carbons (Fsp3) is 0.579. The summed E-state index contributed by atoms with van der Waals surface area (Å²) in [7, 11) is 0. The van der Waals surface area contributed by atoms with Crippen LogP contribution in [-0.4, -0.2) is 54.6 Å². The number of carboxylic acid groups (broad SMARTS) is 1. The van der Waals surface area contributed by atoms with Gasteiger partial charge in [0.15, 0.2) is 6.61 Å². The molecule has 0 aromatic heterocycles. The number of ether oxygens (including phenoxy) is 2. The number of carboxylic acids is 1. The van der Waals surface area contributed by atoms with Crippen LogP contribution < -0.4 is 10.1 Å². The topological polar surface area (TPSA) is 105 Å². The minimum Gasteiger partial charge on any atom is -0.482 e. The van der Waals surface area contributed by atoms with Gasteiger partial charge in [-0.1, -0.05) is 6.07 Å². The molecular formula is C19H25NO6. The molecule has 0 bridgehead atoms. The summed E-state index contributed by atoms with van der Waals surface area (Å²) in [5, 5.41) is 22.3. The Morgan fingerprint density at radius 1 is 1.27 bits per heavy atom. The van der Waals surface area contributed by atoms with Crippen LogP contribution in [0.2, 0.25) is 0 Å². The van der Waals surface area contributed by atoms with Crippen molar-refractivity contribution in [2.24, 2.45) is 11.3 Å². The fourth-order valence-electron chi connectivity index (χ4n) is 4.01. The van der Waals surface area contributed by atoms with Crippen molar-refractivity contribution in [1.29, 1.82) is 0 Å². The molecule has 1 amide bonds. The van der Waals surface area contributed by atoms with Crippen molar-refractivity contribution in [1.82, 2.24) is 5.32 Å². The van der Waals surface area contributed by atoms with Gasteiger partial charge in [0.25, 0.3) is 5.91 Å². The molecule has 0 radical (unpaired) electrons. The summed E-state index contributed by atoms with van der Waals surface area (Å²) in [6.45, 7) is 1.35. The SMILES string of the molecule is O=C(O)COc1cccc(C(=O)NCC2CCC3(CCOCC3)C2O)c1. The van der Waals surface area contributed by atoms with Crippen molar-refractivity contribution in [2.75, 3.05) is 26.4 Å². The molecule has 1 saturated carbocycles. The first-order chi connectivity index (χ1) is 12.5. The summed E-state index contributed by atoms with van der Waals surface area (Å²) in [6, 6.07) is 6.42. The summed E-state index contributed by atoms with van der Waals surface area (Å²) in [5.41, 5.74) is 0.347. The molecule has 1 aromatic carbocycles. The lowest BCUT2D eigenvalue weighted by atomic mass is 9.76. The van der Waals surface area contributed by atoms with Crippen LogP contribution in [0.5, 0.6) is 5.75 Å². The molecular weight excluding hydrogens is 338 g/mol. The van der Waals surface area contributed by atoms with Crippen LogP contribution in [0, 0.1) is 11.3 Å². The van der Waals surface area contributed by atoms with Gasteiger partial charge in [0.05, 0.1) is 6.10 Å².